The van der Waals surface area contributed by atoms with E-state index in [2.05, 4.69) is 0 Å². The van der Waals surface area contributed by atoms with Crippen LogP contribution in [0.5, 0.6) is 0 Å². The van der Waals surface area contributed by atoms with Crippen LogP contribution in [0, 0.1) is 22.6 Å². The van der Waals surface area contributed by atoms with Crippen LogP contribution >= 0.6 is 28.6 Å². The van der Waals surface area contributed by atoms with Gasteiger partial charge in [0.15, 0.2) is 0 Å². The molecule has 114 valence electrons. The van der Waals surface area contributed by atoms with Crippen LogP contribution in [0.4, 0.5) is 4.39 Å². The third-order valence-electron chi connectivity index (χ3n) is 2.81. The van der Waals surface area contributed by atoms with Crippen LogP contribution in [0.1, 0.15) is 21.5 Å². The Kier molecular flexibility index (Phi) is 5.85. The topological polar surface area (TPSA) is 95.7 Å². The standard InChI is InChI=1S/C14H10ClFN4O.BrH/c15-10-4-12(14(19)21)13(18)20(7-10)6-9-1-8(5-17)2-11(16)3-9;/h1-4,7,18H,6H2,(H2,19,21);1H. The number of hydrogen-bond donors (Lipinski definition) is 2. The molecule has 0 fully saturated rings. The molecule has 8 heteroatoms. The van der Waals surface area contributed by atoms with E-state index < -0.39 is 11.7 Å². The molecule has 3 N–H and O–H groups in total. The highest BCUT2D eigenvalue weighted by Crippen LogP contribution is 2.12. The molecule has 1 aromatic carbocycles. The Labute approximate surface area is 141 Å². The molecule has 0 aliphatic carbocycles. The number of carbonyl (C=O) groups excluding carboxylic acids is 1. The number of hydrogen-bond acceptors (Lipinski definition) is 3. The highest BCUT2D eigenvalue weighted by molar-refractivity contribution is 8.93. The van der Waals surface area contributed by atoms with Crippen molar-refractivity contribution in [2.75, 3.05) is 0 Å². The van der Waals surface area contributed by atoms with E-state index in [0.29, 0.717) is 5.56 Å². The number of nitrogens with zero attached hydrogens (tertiary/aromatic N) is 2. The number of pyridine rings is 1. The highest BCUT2D eigenvalue weighted by atomic mass is 79.9. The van der Waals surface area contributed by atoms with Gasteiger partial charge in [-0.3, -0.25) is 10.2 Å². The van der Waals surface area contributed by atoms with Gasteiger partial charge in [-0.15, -0.1) is 17.0 Å². The summed E-state index contributed by atoms with van der Waals surface area (Å²) in [6.45, 7) is 0.0894. The van der Waals surface area contributed by atoms with E-state index in [1.165, 1.54) is 29.0 Å². The lowest BCUT2D eigenvalue weighted by atomic mass is 10.1. The van der Waals surface area contributed by atoms with Crippen molar-refractivity contribution in [1.82, 2.24) is 4.57 Å². The zero-order chi connectivity index (χ0) is 15.6. The molecule has 2 rings (SSSR count). The number of carbonyl (C=O) groups is 1. The molecule has 0 aliphatic rings. The first kappa shape index (κ1) is 17.9. The largest absolute Gasteiger partial charge is 0.365 e. The fourth-order valence-corrected chi connectivity index (χ4v) is 2.15. The number of nitrogens with one attached hydrogen (secondary N) is 1. The number of rotatable bonds is 3. The highest BCUT2D eigenvalue weighted by Gasteiger charge is 2.09. The maximum absolute atomic E-state index is 13.4. The summed E-state index contributed by atoms with van der Waals surface area (Å²) in [5.74, 6) is -1.32. The monoisotopic (exact) mass is 384 g/mol. The van der Waals surface area contributed by atoms with Gasteiger partial charge in [0.05, 0.1) is 22.2 Å². The molecule has 1 aromatic heterocycles. The summed E-state index contributed by atoms with van der Waals surface area (Å²) in [6, 6.07) is 7.02. The van der Waals surface area contributed by atoms with Gasteiger partial charge < -0.3 is 10.3 Å². The SMILES string of the molecule is Br.N#Cc1cc(F)cc(Cn2cc(Cl)cc(C(N)=O)c2=N)c1. The van der Waals surface area contributed by atoms with E-state index in [9.17, 15) is 9.18 Å². The number of benzene rings is 1. The first-order valence-electron chi connectivity index (χ1n) is 5.84. The number of nitriles is 1. The molecule has 1 heterocycles. The van der Waals surface area contributed by atoms with Crippen LogP contribution in [0.25, 0.3) is 0 Å². The second-order valence-corrected chi connectivity index (χ2v) is 4.81. The molecule has 0 bridgehead atoms. The van der Waals surface area contributed by atoms with Crippen LogP contribution in [0.2, 0.25) is 5.02 Å². The predicted octanol–water partition coefficient (Wildman–Crippen LogP) is 2.36. The summed E-state index contributed by atoms with van der Waals surface area (Å²) >= 11 is 5.88. The normalized spacial score (nSPS) is 9.68. The predicted molar refractivity (Wildman–Crippen MR) is 84.4 cm³/mol. The smallest absolute Gasteiger partial charge is 0.252 e. The van der Waals surface area contributed by atoms with Crippen LogP contribution in [0.3, 0.4) is 0 Å². The molecule has 0 atom stereocenters. The lowest BCUT2D eigenvalue weighted by Crippen LogP contribution is -2.29. The molecule has 2 aromatic rings. The Morgan fingerprint density at radius 1 is 1.41 bits per heavy atom. The van der Waals surface area contributed by atoms with Crippen molar-refractivity contribution in [3.8, 4) is 6.07 Å². The fourth-order valence-electron chi connectivity index (χ4n) is 1.93. The second kappa shape index (κ2) is 7.20. The van der Waals surface area contributed by atoms with Gasteiger partial charge in [-0.25, -0.2) is 4.39 Å². The van der Waals surface area contributed by atoms with Gasteiger partial charge in [-0.05, 0) is 29.8 Å². The molecule has 0 unspecified atom stereocenters. The quantitative estimate of drug-likeness (QED) is 0.848. The average molecular weight is 386 g/mol. The molecule has 22 heavy (non-hydrogen) atoms. The van der Waals surface area contributed by atoms with Gasteiger partial charge in [0.2, 0.25) is 0 Å². The number of aromatic nitrogens is 1. The van der Waals surface area contributed by atoms with Gasteiger partial charge in [-0.1, -0.05) is 11.6 Å². The lowest BCUT2D eigenvalue weighted by Gasteiger charge is -2.10. The van der Waals surface area contributed by atoms with Gasteiger partial charge in [-0.2, -0.15) is 5.26 Å². The van der Waals surface area contributed by atoms with Gasteiger partial charge in [0, 0.05) is 12.7 Å². The number of halogens is 3. The van der Waals surface area contributed by atoms with Crippen LogP contribution < -0.4 is 11.2 Å². The zero-order valence-corrected chi connectivity index (χ0v) is 13.6. The van der Waals surface area contributed by atoms with Crippen molar-refractivity contribution in [2.24, 2.45) is 5.73 Å². The Hall–Kier alpha value is -2.17. The van der Waals surface area contributed by atoms with E-state index in [1.807, 2.05) is 6.07 Å². The summed E-state index contributed by atoms with van der Waals surface area (Å²) in [7, 11) is 0. The Morgan fingerprint density at radius 2 is 2.09 bits per heavy atom. The van der Waals surface area contributed by atoms with Gasteiger partial charge in [0.25, 0.3) is 5.91 Å². The summed E-state index contributed by atoms with van der Waals surface area (Å²) in [6.07, 6.45) is 1.44. The third-order valence-corrected chi connectivity index (χ3v) is 3.02. The van der Waals surface area contributed by atoms with Crippen molar-refractivity contribution in [3.05, 3.63) is 63.5 Å². The number of amides is 1. The Morgan fingerprint density at radius 3 is 2.68 bits per heavy atom. The third kappa shape index (κ3) is 3.93. The Balaban J connectivity index is 0.00000242. The van der Waals surface area contributed by atoms with E-state index >= 15 is 0 Å². The zero-order valence-electron chi connectivity index (χ0n) is 11.1. The van der Waals surface area contributed by atoms with Crippen LogP contribution in [-0.2, 0) is 6.54 Å². The van der Waals surface area contributed by atoms with Crippen molar-refractivity contribution >= 4 is 34.5 Å². The molecule has 1 amide bonds. The van der Waals surface area contributed by atoms with Crippen molar-refractivity contribution in [3.63, 3.8) is 0 Å². The number of nitrogens with two attached hydrogens (primary N) is 1. The van der Waals surface area contributed by atoms with E-state index in [-0.39, 0.29) is 45.2 Å². The molecule has 0 saturated heterocycles. The van der Waals surface area contributed by atoms with E-state index in [0.717, 1.165) is 6.07 Å². The second-order valence-electron chi connectivity index (χ2n) is 4.37. The minimum atomic E-state index is -0.770. The van der Waals surface area contributed by atoms with Crippen LogP contribution in [0.15, 0.2) is 30.5 Å². The maximum atomic E-state index is 13.4. The molecule has 0 aliphatic heterocycles. The molecular formula is C14H11BrClFN4O. The van der Waals surface area contributed by atoms with Crippen molar-refractivity contribution in [2.45, 2.75) is 6.54 Å². The summed E-state index contributed by atoms with van der Waals surface area (Å²) < 4.78 is 14.8. The lowest BCUT2D eigenvalue weighted by molar-refractivity contribution is 0.0998. The average Bonchev–Trinajstić information content (AvgIpc) is 2.41. The maximum Gasteiger partial charge on any atom is 0.252 e. The first-order valence-corrected chi connectivity index (χ1v) is 6.22. The summed E-state index contributed by atoms with van der Waals surface area (Å²) in [5, 5.41) is 17.0. The van der Waals surface area contributed by atoms with E-state index in [4.69, 9.17) is 28.0 Å². The van der Waals surface area contributed by atoms with Gasteiger partial charge >= 0.3 is 0 Å². The fraction of sp³-hybridized carbons (Fsp3) is 0.0714. The molecule has 0 saturated carbocycles. The molecule has 5 nitrogen and oxygen atoms in total. The van der Waals surface area contributed by atoms with Gasteiger partial charge in [0.1, 0.15) is 11.3 Å². The van der Waals surface area contributed by atoms with Crippen molar-refractivity contribution < 1.29 is 9.18 Å². The molecule has 0 spiro atoms. The molecular weight excluding hydrogens is 375 g/mol. The minimum absolute atomic E-state index is 0. The van der Waals surface area contributed by atoms with Crippen LogP contribution in [-0.4, -0.2) is 10.5 Å². The van der Waals surface area contributed by atoms with Crippen molar-refractivity contribution in [1.29, 1.82) is 10.7 Å². The first-order chi connectivity index (χ1) is 9.90. The molecule has 0 radical (unpaired) electrons. The summed E-state index contributed by atoms with van der Waals surface area (Å²) in [5.41, 5.74) is 5.67. The Bertz CT molecular complexity index is 829. The number of primary amides is 1. The summed E-state index contributed by atoms with van der Waals surface area (Å²) in [4.78, 5) is 11.3. The minimum Gasteiger partial charge on any atom is -0.365 e. The van der Waals surface area contributed by atoms with E-state index in [1.54, 1.807) is 0 Å².